The van der Waals surface area contributed by atoms with Crippen LogP contribution >= 0.6 is 0 Å². The summed E-state index contributed by atoms with van der Waals surface area (Å²) < 4.78 is 0. The predicted octanol–water partition coefficient (Wildman–Crippen LogP) is -0.428. The molecule has 4 heteroatoms. The van der Waals surface area contributed by atoms with Gasteiger partial charge in [-0.05, 0) is 19.9 Å². The molecule has 0 unspecified atom stereocenters. The lowest BCUT2D eigenvalue weighted by Gasteiger charge is -2.42. The molecule has 0 bridgehead atoms. The van der Waals surface area contributed by atoms with Gasteiger partial charge in [-0.25, -0.2) is 10.0 Å². The van der Waals surface area contributed by atoms with Crippen molar-refractivity contribution in [1.82, 2.24) is 14.9 Å². The zero-order valence-electron chi connectivity index (χ0n) is 9.15. The van der Waals surface area contributed by atoms with Crippen molar-refractivity contribution in [2.24, 2.45) is 5.73 Å². The van der Waals surface area contributed by atoms with Crippen LogP contribution in [-0.2, 0) is 0 Å². The third-order valence-corrected chi connectivity index (χ3v) is 3.40. The maximum Gasteiger partial charge on any atom is 0.0261 e. The quantitative estimate of drug-likeness (QED) is 0.620. The van der Waals surface area contributed by atoms with Crippen LogP contribution in [0.1, 0.15) is 12.8 Å². The number of piperazine rings is 1. The Hall–Kier alpha value is -0.160. The van der Waals surface area contributed by atoms with Crippen LogP contribution in [0.5, 0.6) is 0 Å². The highest BCUT2D eigenvalue weighted by atomic mass is 15.6. The van der Waals surface area contributed by atoms with E-state index in [1.54, 1.807) is 0 Å². The molecule has 0 aromatic carbocycles. The van der Waals surface area contributed by atoms with Gasteiger partial charge in [0.05, 0.1) is 0 Å². The molecule has 0 amide bonds. The van der Waals surface area contributed by atoms with Crippen molar-refractivity contribution < 1.29 is 0 Å². The number of nitrogens with two attached hydrogens (primary N) is 1. The monoisotopic (exact) mass is 198 g/mol. The molecule has 4 nitrogen and oxygen atoms in total. The van der Waals surface area contributed by atoms with Gasteiger partial charge in [-0.15, -0.1) is 0 Å². The van der Waals surface area contributed by atoms with Crippen LogP contribution in [0.4, 0.5) is 0 Å². The van der Waals surface area contributed by atoms with Gasteiger partial charge in [0.15, 0.2) is 0 Å². The fourth-order valence-electron chi connectivity index (χ4n) is 2.25. The van der Waals surface area contributed by atoms with E-state index in [-0.39, 0.29) is 0 Å². The van der Waals surface area contributed by atoms with Crippen molar-refractivity contribution >= 4 is 0 Å². The molecule has 0 aromatic heterocycles. The summed E-state index contributed by atoms with van der Waals surface area (Å²) in [5.74, 6) is 0. The Morgan fingerprint density at radius 2 is 1.36 bits per heavy atom. The Bertz CT molecular complexity index is 149. The molecule has 2 fully saturated rings. The summed E-state index contributed by atoms with van der Waals surface area (Å²) in [6, 6.07) is 0.443. The van der Waals surface area contributed by atoms with Crippen LogP contribution in [0.3, 0.4) is 0 Å². The van der Waals surface area contributed by atoms with E-state index in [0.717, 1.165) is 25.9 Å². The SMILES string of the molecule is CN1CCN(N2CCC(N)CC2)CC1. The highest BCUT2D eigenvalue weighted by Crippen LogP contribution is 2.12. The van der Waals surface area contributed by atoms with E-state index in [4.69, 9.17) is 5.73 Å². The number of piperidine rings is 1. The van der Waals surface area contributed by atoms with Crippen LogP contribution in [0.15, 0.2) is 0 Å². The Labute approximate surface area is 86.6 Å². The fourth-order valence-corrected chi connectivity index (χ4v) is 2.25. The average molecular weight is 198 g/mol. The molecule has 0 aliphatic carbocycles. The van der Waals surface area contributed by atoms with Gasteiger partial charge < -0.3 is 10.6 Å². The third-order valence-electron chi connectivity index (χ3n) is 3.40. The number of rotatable bonds is 1. The number of hydrogen-bond donors (Lipinski definition) is 1. The molecule has 82 valence electrons. The molecule has 2 saturated heterocycles. The normalized spacial score (nSPS) is 29.6. The lowest BCUT2D eigenvalue weighted by atomic mass is 10.1. The van der Waals surface area contributed by atoms with Gasteiger partial charge in [-0.1, -0.05) is 0 Å². The topological polar surface area (TPSA) is 35.7 Å². The van der Waals surface area contributed by atoms with Gasteiger partial charge in [-0.3, -0.25) is 0 Å². The van der Waals surface area contributed by atoms with Gasteiger partial charge in [-0.2, -0.15) is 0 Å². The van der Waals surface area contributed by atoms with Gasteiger partial charge in [0.1, 0.15) is 0 Å². The summed E-state index contributed by atoms with van der Waals surface area (Å²) in [5, 5.41) is 5.00. The molecule has 2 heterocycles. The van der Waals surface area contributed by atoms with Crippen molar-refractivity contribution in [3.05, 3.63) is 0 Å². The van der Waals surface area contributed by atoms with Crippen molar-refractivity contribution in [2.45, 2.75) is 18.9 Å². The summed E-state index contributed by atoms with van der Waals surface area (Å²) in [6.07, 6.45) is 2.32. The largest absolute Gasteiger partial charge is 0.328 e. The molecule has 0 saturated carbocycles. The number of hydrogen-bond acceptors (Lipinski definition) is 4. The first-order valence-electron chi connectivity index (χ1n) is 5.69. The summed E-state index contributed by atoms with van der Waals surface area (Å²) in [5.41, 5.74) is 5.90. The molecular weight excluding hydrogens is 176 g/mol. The first-order chi connectivity index (χ1) is 6.75. The summed E-state index contributed by atoms with van der Waals surface area (Å²) in [7, 11) is 2.20. The van der Waals surface area contributed by atoms with Gasteiger partial charge in [0, 0.05) is 45.3 Å². The zero-order chi connectivity index (χ0) is 9.97. The highest BCUT2D eigenvalue weighted by molar-refractivity contribution is 4.75. The lowest BCUT2D eigenvalue weighted by Crippen LogP contribution is -2.55. The van der Waals surface area contributed by atoms with E-state index in [1.807, 2.05) is 0 Å². The molecule has 14 heavy (non-hydrogen) atoms. The van der Waals surface area contributed by atoms with E-state index in [2.05, 4.69) is 22.0 Å². The summed E-state index contributed by atoms with van der Waals surface area (Å²) in [4.78, 5) is 2.40. The first kappa shape index (κ1) is 10.4. The minimum atomic E-state index is 0.443. The average Bonchev–Trinajstić information content (AvgIpc) is 2.21. The second-order valence-corrected chi connectivity index (χ2v) is 4.55. The maximum atomic E-state index is 5.90. The molecule has 2 aliphatic heterocycles. The lowest BCUT2D eigenvalue weighted by molar-refractivity contribution is -0.0669. The molecular formula is C10H22N4. The molecule has 2 N–H and O–H groups in total. The van der Waals surface area contributed by atoms with Crippen LogP contribution in [0.25, 0.3) is 0 Å². The second-order valence-electron chi connectivity index (χ2n) is 4.55. The number of hydrazine groups is 1. The molecule has 0 radical (unpaired) electrons. The van der Waals surface area contributed by atoms with Crippen molar-refractivity contribution in [3.8, 4) is 0 Å². The van der Waals surface area contributed by atoms with Crippen LogP contribution < -0.4 is 5.73 Å². The minimum Gasteiger partial charge on any atom is -0.328 e. The Kier molecular flexibility index (Phi) is 3.38. The van der Waals surface area contributed by atoms with Gasteiger partial charge in [0.25, 0.3) is 0 Å². The van der Waals surface area contributed by atoms with Crippen LogP contribution in [0.2, 0.25) is 0 Å². The maximum absolute atomic E-state index is 5.90. The minimum absolute atomic E-state index is 0.443. The van der Waals surface area contributed by atoms with E-state index in [9.17, 15) is 0 Å². The van der Waals surface area contributed by atoms with Crippen LogP contribution in [-0.4, -0.2) is 67.3 Å². The number of likely N-dealkylation sites (N-methyl/N-ethyl adjacent to an activating group) is 1. The smallest absolute Gasteiger partial charge is 0.0261 e. The van der Waals surface area contributed by atoms with E-state index >= 15 is 0 Å². The van der Waals surface area contributed by atoms with Crippen LogP contribution in [0, 0.1) is 0 Å². The molecule has 0 atom stereocenters. The summed E-state index contributed by atoms with van der Waals surface area (Å²) in [6.45, 7) is 7.08. The molecule has 0 spiro atoms. The van der Waals surface area contributed by atoms with Crippen molar-refractivity contribution in [1.29, 1.82) is 0 Å². The molecule has 2 rings (SSSR count). The number of nitrogens with zero attached hydrogens (tertiary/aromatic N) is 3. The highest BCUT2D eigenvalue weighted by Gasteiger charge is 2.23. The predicted molar refractivity (Wildman–Crippen MR) is 57.9 cm³/mol. The zero-order valence-corrected chi connectivity index (χ0v) is 9.15. The Morgan fingerprint density at radius 3 is 1.93 bits per heavy atom. The van der Waals surface area contributed by atoms with Crippen molar-refractivity contribution in [3.63, 3.8) is 0 Å². The van der Waals surface area contributed by atoms with E-state index < -0.39 is 0 Å². The standard InChI is InChI=1S/C10H22N4/c1-12-6-8-14(9-7-12)13-4-2-10(11)3-5-13/h10H,2-9,11H2,1H3. The van der Waals surface area contributed by atoms with Crippen molar-refractivity contribution in [2.75, 3.05) is 46.3 Å². The Morgan fingerprint density at radius 1 is 0.857 bits per heavy atom. The second kappa shape index (κ2) is 4.57. The van der Waals surface area contributed by atoms with E-state index in [1.165, 1.54) is 26.2 Å². The third kappa shape index (κ3) is 2.45. The fraction of sp³-hybridized carbons (Fsp3) is 1.00. The first-order valence-corrected chi connectivity index (χ1v) is 5.69. The summed E-state index contributed by atoms with van der Waals surface area (Å²) >= 11 is 0. The molecule has 2 aliphatic rings. The van der Waals surface area contributed by atoms with E-state index in [0.29, 0.717) is 6.04 Å². The molecule has 0 aromatic rings. The van der Waals surface area contributed by atoms with Gasteiger partial charge in [0.2, 0.25) is 0 Å². The van der Waals surface area contributed by atoms with Gasteiger partial charge >= 0.3 is 0 Å². The Balaban J connectivity index is 1.78.